The van der Waals surface area contributed by atoms with Crippen LogP contribution in [-0.4, -0.2) is 16.0 Å². The second kappa shape index (κ2) is 4.35. The zero-order valence-corrected chi connectivity index (χ0v) is 13.6. The van der Waals surface area contributed by atoms with Crippen molar-refractivity contribution in [2.45, 2.75) is 77.4 Å². The summed E-state index contributed by atoms with van der Waals surface area (Å²) in [5.41, 5.74) is 1.50. The van der Waals surface area contributed by atoms with Gasteiger partial charge in [-0.2, -0.15) is 0 Å². The second-order valence-corrected chi connectivity index (χ2v) is 8.79. The Bertz CT molecular complexity index is 480. The van der Waals surface area contributed by atoms with Gasteiger partial charge in [-0.3, -0.25) is 0 Å². The molecule has 0 bridgehead atoms. The first kappa shape index (κ1) is 14.3. The summed E-state index contributed by atoms with van der Waals surface area (Å²) in [6, 6.07) is 0. The molecule has 4 aliphatic rings. The normalized spacial score (nSPS) is 51.6. The van der Waals surface area contributed by atoms with Gasteiger partial charge in [-0.15, -0.1) is 0 Å². The molecule has 2 nitrogen and oxygen atoms in total. The molecule has 21 heavy (non-hydrogen) atoms. The van der Waals surface area contributed by atoms with Crippen molar-refractivity contribution >= 4 is 0 Å². The fourth-order valence-corrected chi connectivity index (χ4v) is 6.80. The molecule has 0 unspecified atom stereocenters. The third kappa shape index (κ3) is 1.72. The lowest BCUT2D eigenvalue weighted by molar-refractivity contribution is -0.267. The van der Waals surface area contributed by atoms with E-state index in [2.05, 4.69) is 19.9 Å². The fourth-order valence-electron chi connectivity index (χ4n) is 6.80. The van der Waals surface area contributed by atoms with Crippen LogP contribution in [0.3, 0.4) is 0 Å². The van der Waals surface area contributed by atoms with Gasteiger partial charge in [-0.05, 0) is 68.1 Å². The first-order valence-electron chi connectivity index (χ1n) is 9.03. The Morgan fingerprint density at radius 3 is 2.62 bits per heavy atom. The summed E-state index contributed by atoms with van der Waals surface area (Å²) in [7, 11) is 0. The molecule has 2 N–H and O–H groups in total. The van der Waals surface area contributed by atoms with Gasteiger partial charge >= 0.3 is 0 Å². The van der Waals surface area contributed by atoms with Crippen molar-refractivity contribution in [1.82, 2.24) is 0 Å². The molecule has 3 fully saturated rings. The van der Waals surface area contributed by atoms with Crippen molar-refractivity contribution < 1.29 is 10.2 Å². The number of allylic oxidation sites excluding steroid dienone is 1. The Hall–Kier alpha value is -0.340. The van der Waals surface area contributed by atoms with E-state index in [1.165, 1.54) is 44.1 Å². The highest BCUT2D eigenvalue weighted by atomic mass is 16.5. The summed E-state index contributed by atoms with van der Waals surface area (Å²) in [5.74, 6) is 0.522. The standard InChI is InChI=1S/C19H30O2/c1-17-10-4-6-15(17)14-8-7-13-5-3-11-19(20,21)18(13,2)16(14)9-12-17/h5,14-16,20-21H,3-4,6-12H2,1-2H3/t14-,15-,16-,17-,18-/m0/s1. The lowest BCUT2D eigenvalue weighted by Gasteiger charge is -2.60. The van der Waals surface area contributed by atoms with Crippen LogP contribution in [-0.2, 0) is 0 Å². The van der Waals surface area contributed by atoms with Gasteiger partial charge in [0, 0.05) is 11.8 Å². The molecule has 0 heterocycles. The van der Waals surface area contributed by atoms with Crippen molar-refractivity contribution in [3.8, 4) is 0 Å². The molecule has 0 aromatic rings. The van der Waals surface area contributed by atoms with Crippen LogP contribution in [0, 0.1) is 28.6 Å². The fraction of sp³-hybridized carbons (Fsp3) is 0.895. The number of rotatable bonds is 0. The highest BCUT2D eigenvalue weighted by Crippen LogP contribution is 2.66. The quantitative estimate of drug-likeness (QED) is 0.522. The molecule has 0 amide bonds. The van der Waals surface area contributed by atoms with E-state index < -0.39 is 11.2 Å². The molecule has 0 aromatic heterocycles. The van der Waals surface area contributed by atoms with Gasteiger partial charge in [-0.1, -0.05) is 31.9 Å². The smallest absolute Gasteiger partial charge is 0.172 e. The van der Waals surface area contributed by atoms with E-state index in [1.807, 2.05) is 0 Å². The minimum Gasteiger partial charge on any atom is -0.365 e. The molecule has 2 heteroatoms. The Morgan fingerprint density at radius 1 is 1.00 bits per heavy atom. The predicted molar refractivity (Wildman–Crippen MR) is 83.5 cm³/mol. The van der Waals surface area contributed by atoms with Crippen LogP contribution in [0.25, 0.3) is 0 Å². The van der Waals surface area contributed by atoms with Crippen molar-refractivity contribution in [3.05, 3.63) is 11.6 Å². The average Bonchev–Trinajstić information content (AvgIpc) is 2.82. The monoisotopic (exact) mass is 290 g/mol. The minimum absolute atomic E-state index is 0.391. The first-order chi connectivity index (χ1) is 9.88. The molecule has 0 saturated heterocycles. The predicted octanol–water partition coefficient (Wildman–Crippen LogP) is 4.02. The summed E-state index contributed by atoms with van der Waals surface area (Å²) >= 11 is 0. The maximum Gasteiger partial charge on any atom is 0.172 e. The molecule has 4 aliphatic carbocycles. The van der Waals surface area contributed by atoms with E-state index in [9.17, 15) is 10.2 Å². The minimum atomic E-state index is -1.49. The Morgan fingerprint density at radius 2 is 1.81 bits per heavy atom. The maximum absolute atomic E-state index is 10.8. The Balaban J connectivity index is 1.75. The summed E-state index contributed by atoms with van der Waals surface area (Å²) in [5, 5.41) is 21.6. The van der Waals surface area contributed by atoms with Crippen LogP contribution < -0.4 is 0 Å². The molecule has 0 spiro atoms. The van der Waals surface area contributed by atoms with E-state index in [-0.39, 0.29) is 0 Å². The third-order valence-electron chi connectivity index (χ3n) is 8.09. The third-order valence-corrected chi connectivity index (χ3v) is 8.09. The van der Waals surface area contributed by atoms with Crippen LogP contribution in [0.15, 0.2) is 11.6 Å². The van der Waals surface area contributed by atoms with Gasteiger partial charge in [0.15, 0.2) is 5.79 Å². The molecule has 118 valence electrons. The zero-order chi connectivity index (χ0) is 14.9. The second-order valence-electron chi connectivity index (χ2n) is 8.79. The average molecular weight is 290 g/mol. The number of aliphatic hydroxyl groups is 2. The SMILES string of the molecule is C[C@@]12CCC[C@H]1[C@@H]1CCC3=CCCC(O)(O)[C@]3(C)[C@H]1CC2. The molecule has 0 aromatic carbocycles. The molecule has 3 saturated carbocycles. The first-order valence-corrected chi connectivity index (χ1v) is 9.03. The maximum atomic E-state index is 10.8. The van der Waals surface area contributed by atoms with E-state index in [0.29, 0.717) is 23.7 Å². The number of hydrogen-bond acceptors (Lipinski definition) is 2. The molecular weight excluding hydrogens is 260 g/mol. The Labute approximate surface area is 128 Å². The van der Waals surface area contributed by atoms with Gasteiger partial charge in [0.25, 0.3) is 0 Å². The van der Waals surface area contributed by atoms with Gasteiger partial charge < -0.3 is 10.2 Å². The molecule has 4 rings (SSSR count). The summed E-state index contributed by atoms with van der Waals surface area (Å²) < 4.78 is 0. The highest BCUT2D eigenvalue weighted by Gasteiger charge is 2.62. The topological polar surface area (TPSA) is 40.5 Å². The van der Waals surface area contributed by atoms with Crippen molar-refractivity contribution in [3.63, 3.8) is 0 Å². The van der Waals surface area contributed by atoms with Gasteiger partial charge in [0.05, 0.1) is 0 Å². The van der Waals surface area contributed by atoms with Gasteiger partial charge in [0.1, 0.15) is 0 Å². The number of fused-ring (bicyclic) bond motifs is 5. The lowest BCUT2D eigenvalue weighted by Crippen LogP contribution is -2.59. The van der Waals surface area contributed by atoms with Gasteiger partial charge in [-0.25, -0.2) is 0 Å². The van der Waals surface area contributed by atoms with Crippen LogP contribution >= 0.6 is 0 Å². The van der Waals surface area contributed by atoms with Crippen LogP contribution in [0.2, 0.25) is 0 Å². The Kier molecular flexibility index (Phi) is 2.96. The zero-order valence-electron chi connectivity index (χ0n) is 13.6. The van der Waals surface area contributed by atoms with Crippen LogP contribution in [0.4, 0.5) is 0 Å². The molecule has 5 atom stereocenters. The van der Waals surface area contributed by atoms with Crippen molar-refractivity contribution in [2.75, 3.05) is 0 Å². The summed E-state index contributed by atoms with van der Waals surface area (Å²) in [6.45, 7) is 4.66. The van der Waals surface area contributed by atoms with E-state index in [0.717, 1.165) is 18.8 Å². The van der Waals surface area contributed by atoms with Crippen LogP contribution in [0.1, 0.15) is 71.6 Å². The van der Waals surface area contributed by atoms with Gasteiger partial charge in [0.2, 0.25) is 0 Å². The summed E-state index contributed by atoms with van der Waals surface area (Å²) in [6.07, 6.45) is 12.7. The highest BCUT2D eigenvalue weighted by molar-refractivity contribution is 5.27. The van der Waals surface area contributed by atoms with Crippen molar-refractivity contribution in [1.29, 1.82) is 0 Å². The molecule has 0 aliphatic heterocycles. The molecule has 0 radical (unpaired) electrons. The number of hydrogen-bond donors (Lipinski definition) is 2. The largest absolute Gasteiger partial charge is 0.365 e. The van der Waals surface area contributed by atoms with E-state index >= 15 is 0 Å². The van der Waals surface area contributed by atoms with Crippen LogP contribution in [0.5, 0.6) is 0 Å². The van der Waals surface area contributed by atoms with E-state index in [4.69, 9.17) is 0 Å². The molecular formula is C19H30O2. The lowest BCUT2D eigenvalue weighted by atomic mass is 9.46. The summed E-state index contributed by atoms with van der Waals surface area (Å²) in [4.78, 5) is 0. The van der Waals surface area contributed by atoms with E-state index in [1.54, 1.807) is 0 Å². The van der Waals surface area contributed by atoms with Crippen molar-refractivity contribution in [2.24, 2.45) is 28.6 Å².